The fourth-order valence-corrected chi connectivity index (χ4v) is 5.57. The lowest BCUT2D eigenvalue weighted by atomic mass is 10.1. The van der Waals surface area contributed by atoms with E-state index in [1.165, 1.54) is 11.2 Å². The topological polar surface area (TPSA) is 95.1 Å². The molecule has 9 heteroatoms. The van der Waals surface area contributed by atoms with Crippen LogP contribution in [0.15, 0.2) is 53.4 Å². The molecule has 0 unspecified atom stereocenters. The Morgan fingerprint density at radius 2 is 1.62 bits per heavy atom. The third kappa shape index (κ3) is 4.11. The van der Waals surface area contributed by atoms with Crippen molar-refractivity contribution in [2.24, 2.45) is 0 Å². The molecular weight excluding hydrogens is 430 g/mol. The van der Waals surface area contributed by atoms with Gasteiger partial charge in [0.2, 0.25) is 15.9 Å². The van der Waals surface area contributed by atoms with E-state index in [4.69, 9.17) is 0 Å². The summed E-state index contributed by atoms with van der Waals surface area (Å²) in [6.45, 7) is 4.53. The van der Waals surface area contributed by atoms with Crippen molar-refractivity contribution in [3.05, 3.63) is 59.7 Å². The van der Waals surface area contributed by atoms with Crippen LogP contribution in [-0.2, 0) is 19.6 Å². The van der Waals surface area contributed by atoms with Crippen molar-refractivity contribution in [1.29, 1.82) is 0 Å². The van der Waals surface area contributed by atoms with E-state index >= 15 is 0 Å². The number of aryl methyl sites for hydroxylation is 1. The first-order chi connectivity index (χ1) is 15.2. The van der Waals surface area contributed by atoms with E-state index < -0.39 is 16.1 Å². The Bertz CT molecular complexity index is 1170. The number of nitrogens with zero attached hydrogens (tertiary/aromatic N) is 3. The fraction of sp³-hybridized carbons (Fsp3) is 0.348. The van der Waals surface area contributed by atoms with Gasteiger partial charge in [-0.1, -0.05) is 29.8 Å². The molecule has 168 valence electrons. The summed E-state index contributed by atoms with van der Waals surface area (Å²) in [5, 5.41) is 0. The Hall–Kier alpha value is -2.88. The zero-order valence-electron chi connectivity index (χ0n) is 18.0. The molecule has 0 N–H and O–H groups in total. The molecule has 0 aromatic heterocycles. The summed E-state index contributed by atoms with van der Waals surface area (Å²) in [5.74, 6) is -0.811. The van der Waals surface area contributed by atoms with E-state index in [0.717, 1.165) is 10.5 Å². The molecule has 32 heavy (non-hydrogen) atoms. The second-order valence-corrected chi connectivity index (χ2v) is 10.1. The van der Waals surface area contributed by atoms with Gasteiger partial charge >= 0.3 is 0 Å². The molecule has 2 aromatic rings. The molecule has 2 aromatic carbocycles. The lowest BCUT2D eigenvalue weighted by Crippen LogP contribution is -2.53. The smallest absolute Gasteiger partial charge is 0.251 e. The number of ketones is 1. The van der Waals surface area contributed by atoms with Gasteiger partial charge < -0.3 is 0 Å². The largest absolute Gasteiger partial charge is 0.295 e. The highest BCUT2D eigenvalue weighted by molar-refractivity contribution is 7.89. The maximum Gasteiger partial charge on any atom is 0.251 e. The first-order valence-electron chi connectivity index (χ1n) is 10.5. The number of rotatable bonds is 5. The predicted octanol–water partition coefficient (Wildman–Crippen LogP) is 1.84. The Kier molecular flexibility index (Phi) is 5.98. The molecule has 2 aliphatic rings. The standard InChI is InChI=1S/C23H25N3O5S/c1-16-6-8-20(9-7-16)32(30,31)25-12-10-24(11-13-25)21-15-22(28)26(23(21)29)19-5-3-4-18(14-19)17(2)27/h3-9,14,21H,10-13,15H2,1-2H3/t21-/m1/s1. The minimum absolute atomic E-state index is 0.0356. The number of carbonyl (C=O) groups excluding carboxylic acids is 3. The van der Waals surface area contributed by atoms with Crippen LogP contribution in [0, 0.1) is 6.92 Å². The summed E-state index contributed by atoms with van der Waals surface area (Å²) in [5.41, 5.74) is 1.80. The Morgan fingerprint density at radius 1 is 0.969 bits per heavy atom. The first kappa shape index (κ1) is 22.3. The van der Waals surface area contributed by atoms with Gasteiger partial charge in [-0.15, -0.1) is 0 Å². The van der Waals surface area contributed by atoms with Crippen LogP contribution >= 0.6 is 0 Å². The van der Waals surface area contributed by atoms with Gasteiger partial charge in [0.15, 0.2) is 5.78 Å². The van der Waals surface area contributed by atoms with Crippen LogP contribution in [0.25, 0.3) is 0 Å². The summed E-state index contributed by atoms with van der Waals surface area (Å²) in [6.07, 6.45) is 0.0356. The lowest BCUT2D eigenvalue weighted by molar-refractivity contribution is -0.123. The van der Waals surface area contributed by atoms with Gasteiger partial charge in [0, 0.05) is 31.7 Å². The molecule has 2 saturated heterocycles. The molecule has 0 spiro atoms. The van der Waals surface area contributed by atoms with Crippen LogP contribution < -0.4 is 4.90 Å². The third-order valence-corrected chi connectivity index (χ3v) is 7.92. The molecular formula is C23H25N3O5S. The minimum Gasteiger partial charge on any atom is -0.295 e. The highest BCUT2D eigenvalue weighted by atomic mass is 32.2. The first-order valence-corrected chi connectivity index (χ1v) is 11.9. The quantitative estimate of drug-likeness (QED) is 0.504. The molecule has 0 aliphatic carbocycles. The summed E-state index contributed by atoms with van der Waals surface area (Å²) < 4.78 is 27.3. The van der Waals surface area contributed by atoms with Crippen LogP contribution in [-0.4, -0.2) is 67.4 Å². The third-order valence-electron chi connectivity index (χ3n) is 6.01. The van der Waals surface area contributed by atoms with E-state index in [0.29, 0.717) is 24.3 Å². The summed E-state index contributed by atoms with van der Waals surface area (Å²) >= 11 is 0. The van der Waals surface area contributed by atoms with Crippen molar-refractivity contribution in [3.63, 3.8) is 0 Å². The van der Waals surface area contributed by atoms with Gasteiger partial charge in [-0.2, -0.15) is 4.31 Å². The van der Waals surface area contributed by atoms with E-state index in [-0.39, 0.29) is 42.0 Å². The number of hydrogen-bond donors (Lipinski definition) is 0. The van der Waals surface area contributed by atoms with Crippen LogP contribution in [0.1, 0.15) is 29.3 Å². The number of Topliss-reactive ketones (excluding diaryl/α,β-unsaturated/α-hetero) is 1. The number of amides is 2. The van der Waals surface area contributed by atoms with Crippen molar-refractivity contribution in [1.82, 2.24) is 9.21 Å². The average Bonchev–Trinajstić information content (AvgIpc) is 3.08. The zero-order chi connectivity index (χ0) is 23.0. The number of piperazine rings is 1. The van der Waals surface area contributed by atoms with Gasteiger partial charge in [0.1, 0.15) is 0 Å². The number of anilines is 1. The molecule has 1 atom stereocenters. The van der Waals surface area contributed by atoms with Crippen molar-refractivity contribution in [3.8, 4) is 0 Å². The summed E-state index contributed by atoms with van der Waals surface area (Å²) in [4.78, 5) is 40.6. The van der Waals surface area contributed by atoms with Crippen LogP contribution in [0.4, 0.5) is 5.69 Å². The van der Waals surface area contributed by atoms with Crippen molar-refractivity contribution < 1.29 is 22.8 Å². The van der Waals surface area contributed by atoms with Crippen LogP contribution in [0.3, 0.4) is 0 Å². The van der Waals surface area contributed by atoms with E-state index in [1.54, 1.807) is 48.5 Å². The van der Waals surface area contributed by atoms with Crippen LogP contribution in [0.5, 0.6) is 0 Å². The van der Waals surface area contributed by atoms with Crippen LogP contribution in [0.2, 0.25) is 0 Å². The van der Waals surface area contributed by atoms with Crippen molar-refractivity contribution >= 4 is 33.3 Å². The van der Waals surface area contributed by atoms with Gasteiger partial charge in [-0.25, -0.2) is 13.3 Å². The SMILES string of the molecule is CC(=O)c1cccc(N2C(=O)C[C@@H](N3CCN(S(=O)(=O)c4ccc(C)cc4)CC3)C2=O)c1. The highest BCUT2D eigenvalue weighted by Gasteiger charge is 2.44. The van der Waals surface area contributed by atoms with Crippen molar-refractivity contribution in [2.45, 2.75) is 31.2 Å². The van der Waals surface area contributed by atoms with Crippen molar-refractivity contribution in [2.75, 3.05) is 31.1 Å². The van der Waals surface area contributed by atoms with Gasteiger partial charge in [-0.05, 0) is 38.1 Å². The zero-order valence-corrected chi connectivity index (χ0v) is 18.8. The Morgan fingerprint density at radius 3 is 2.25 bits per heavy atom. The number of imide groups is 1. The molecule has 8 nitrogen and oxygen atoms in total. The Balaban J connectivity index is 1.46. The maximum atomic E-state index is 13.1. The lowest BCUT2D eigenvalue weighted by Gasteiger charge is -2.36. The molecule has 2 heterocycles. The monoisotopic (exact) mass is 455 g/mol. The molecule has 2 amide bonds. The highest BCUT2D eigenvalue weighted by Crippen LogP contribution is 2.28. The fourth-order valence-electron chi connectivity index (χ4n) is 4.15. The van der Waals surface area contributed by atoms with Gasteiger partial charge in [-0.3, -0.25) is 19.3 Å². The molecule has 0 radical (unpaired) electrons. The average molecular weight is 456 g/mol. The van der Waals surface area contributed by atoms with E-state index in [1.807, 2.05) is 11.8 Å². The normalized spacial score (nSPS) is 20.7. The molecule has 4 rings (SSSR count). The number of sulfonamides is 1. The Labute approximate surface area is 187 Å². The molecule has 2 aliphatic heterocycles. The minimum atomic E-state index is -3.60. The van der Waals surface area contributed by atoms with Gasteiger partial charge in [0.05, 0.1) is 23.0 Å². The van der Waals surface area contributed by atoms with Gasteiger partial charge in [0.25, 0.3) is 5.91 Å². The predicted molar refractivity (Wildman–Crippen MR) is 119 cm³/mol. The van der Waals surface area contributed by atoms with E-state index in [9.17, 15) is 22.8 Å². The number of hydrogen-bond acceptors (Lipinski definition) is 6. The molecule has 0 bridgehead atoms. The summed E-state index contributed by atoms with van der Waals surface area (Å²) in [6, 6.07) is 12.6. The van der Waals surface area contributed by atoms with E-state index in [2.05, 4.69) is 0 Å². The number of benzene rings is 2. The summed E-state index contributed by atoms with van der Waals surface area (Å²) in [7, 11) is -3.60. The molecule has 0 saturated carbocycles. The number of carbonyl (C=O) groups is 3. The second-order valence-electron chi connectivity index (χ2n) is 8.15. The molecule has 2 fully saturated rings. The second kappa shape index (κ2) is 8.57. The maximum absolute atomic E-state index is 13.1.